The summed E-state index contributed by atoms with van der Waals surface area (Å²) in [6.07, 6.45) is 4.73. The molecule has 138 valence electrons. The van der Waals surface area contributed by atoms with Crippen molar-refractivity contribution in [2.75, 3.05) is 20.8 Å². The maximum absolute atomic E-state index is 5.47. The molecule has 1 saturated carbocycles. The van der Waals surface area contributed by atoms with Crippen LogP contribution in [0.25, 0.3) is 0 Å². The molecule has 2 aromatic rings. The van der Waals surface area contributed by atoms with Gasteiger partial charge in [-0.15, -0.1) is 0 Å². The Hall–Kier alpha value is -2.14. The molecule has 2 heterocycles. The van der Waals surface area contributed by atoms with E-state index in [-0.39, 0.29) is 0 Å². The monoisotopic (exact) mass is 353 g/mol. The van der Waals surface area contributed by atoms with E-state index in [2.05, 4.69) is 35.0 Å². The van der Waals surface area contributed by atoms with Gasteiger partial charge in [0.05, 0.1) is 19.9 Å². The number of nitrogens with zero attached hydrogens (tertiary/aromatic N) is 3. The minimum atomic E-state index is 0.803. The lowest BCUT2D eigenvalue weighted by molar-refractivity contribution is 0.241. The molecule has 4 rings (SSSR count). The van der Waals surface area contributed by atoms with Crippen molar-refractivity contribution < 1.29 is 9.47 Å². The van der Waals surface area contributed by atoms with Crippen molar-refractivity contribution in [2.24, 2.45) is 5.92 Å². The fraction of sp³-hybridized carbons (Fsp3) is 0.524. The molecule has 0 radical (unpaired) electrons. The summed E-state index contributed by atoms with van der Waals surface area (Å²) in [6, 6.07) is 6.36. The Morgan fingerprint density at radius 1 is 1.04 bits per heavy atom. The zero-order chi connectivity index (χ0) is 18.1. The topological polar surface area (TPSA) is 47.5 Å². The first-order chi connectivity index (χ1) is 12.6. The third kappa shape index (κ3) is 3.83. The fourth-order valence-corrected chi connectivity index (χ4v) is 3.76. The quantitative estimate of drug-likeness (QED) is 0.797. The van der Waals surface area contributed by atoms with Crippen LogP contribution in [0.1, 0.15) is 41.2 Å². The third-order valence-corrected chi connectivity index (χ3v) is 5.30. The van der Waals surface area contributed by atoms with Crippen molar-refractivity contribution >= 4 is 0 Å². The van der Waals surface area contributed by atoms with Crippen LogP contribution in [0.15, 0.2) is 18.2 Å². The number of benzene rings is 1. The third-order valence-electron chi connectivity index (χ3n) is 5.30. The van der Waals surface area contributed by atoms with Crippen molar-refractivity contribution in [1.82, 2.24) is 14.9 Å². The number of methoxy groups -OCH3 is 2. The number of hydrogen-bond donors (Lipinski definition) is 0. The molecule has 0 bridgehead atoms. The minimum absolute atomic E-state index is 0.803. The van der Waals surface area contributed by atoms with Gasteiger partial charge in [-0.25, -0.2) is 9.97 Å². The van der Waals surface area contributed by atoms with Gasteiger partial charge in [-0.05, 0) is 61.4 Å². The van der Waals surface area contributed by atoms with Crippen LogP contribution in [-0.4, -0.2) is 35.6 Å². The van der Waals surface area contributed by atoms with Gasteiger partial charge in [0.25, 0.3) is 0 Å². The van der Waals surface area contributed by atoms with Crippen LogP contribution in [0, 0.1) is 12.8 Å². The van der Waals surface area contributed by atoms with Gasteiger partial charge in [-0.3, -0.25) is 4.90 Å². The molecule has 26 heavy (non-hydrogen) atoms. The summed E-state index contributed by atoms with van der Waals surface area (Å²) in [4.78, 5) is 11.9. The average Bonchev–Trinajstić information content (AvgIpc) is 3.43. The van der Waals surface area contributed by atoms with Gasteiger partial charge in [-0.2, -0.15) is 0 Å². The maximum Gasteiger partial charge on any atom is 0.161 e. The molecule has 0 spiro atoms. The second-order valence-corrected chi connectivity index (χ2v) is 7.50. The number of hydrogen-bond acceptors (Lipinski definition) is 5. The second-order valence-electron chi connectivity index (χ2n) is 7.50. The van der Waals surface area contributed by atoms with E-state index >= 15 is 0 Å². The molecule has 0 unspecified atom stereocenters. The standard InChI is InChI=1S/C21H27N3O2/c1-14-8-18(23-21(22-14)9-15-4-5-15)13-24-7-6-16-10-19(25-2)20(26-3)11-17(16)12-24/h8,10-11,15H,4-7,9,12-13H2,1-3H3. The van der Waals surface area contributed by atoms with Crippen LogP contribution in [-0.2, 0) is 25.9 Å². The zero-order valence-electron chi connectivity index (χ0n) is 15.9. The summed E-state index contributed by atoms with van der Waals surface area (Å²) in [5.41, 5.74) is 4.89. The van der Waals surface area contributed by atoms with Crippen molar-refractivity contribution in [1.29, 1.82) is 0 Å². The predicted octanol–water partition coefficient (Wildman–Crippen LogP) is 3.31. The molecule has 1 aliphatic heterocycles. The maximum atomic E-state index is 5.47. The van der Waals surface area contributed by atoms with Crippen LogP contribution in [0.5, 0.6) is 11.5 Å². The van der Waals surface area contributed by atoms with Crippen LogP contribution < -0.4 is 9.47 Å². The van der Waals surface area contributed by atoms with E-state index in [1.807, 2.05) is 0 Å². The molecule has 0 saturated heterocycles. The summed E-state index contributed by atoms with van der Waals surface area (Å²) >= 11 is 0. The number of rotatable bonds is 6. The smallest absolute Gasteiger partial charge is 0.161 e. The van der Waals surface area contributed by atoms with Gasteiger partial charge >= 0.3 is 0 Å². The highest BCUT2D eigenvalue weighted by Gasteiger charge is 2.24. The van der Waals surface area contributed by atoms with E-state index in [9.17, 15) is 0 Å². The summed E-state index contributed by atoms with van der Waals surface area (Å²) in [5.74, 6) is 3.45. The largest absolute Gasteiger partial charge is 0.493 e. The second kappa shape index (κ2) is 7.23. The number of fused-ring (bicyclic) bond motifs is 1. The highest BCUT2D eigenvalue weighted by atomic mass is 16.5. The van der Waals surface area contributed by atoms with Gasteiger partial charge in [0.1, 0.15) is 5.82 Å². The van der Waals surface area contributed by atoms with Crippen molar-refractivity contribution in [2.45, 2.75) is 45.7 Å². The Labute approximate surface area is 155 Å². The Morgan fingerprint density at radius 3 is 2.46 bits per heavy atom. The Bertz CT molecular complexity index is 802. The van der Waals surface area contributed by atoms with Crippen molar-refractivity contribution in [3.63, 3.8) is 0 Å². The molecular formula is C21H27N3O2. The molecule has 1 aromatic heterocycles. The zero-order valence-corrected chi connectivity index (χ0v) is 15.9. The van der Waals surface area contributed by atoms with E-state index in [0.717, 1.165) is 67.1 Å². The summed E-state index contributed by atoms with van der Waals surface area (Å²) in [5, 5.41) is 0. The van der Waals surface area contributed by atoms with E-state index in [1.165, 1.54) is 24.0 Å². The Balaban J connectivity index is 1.49. The fourth-order valence-electron chi connectivity index (χ4n) is 3.76. The minimum Gasteiger partial charge on any atom is -0.493 e. The van der Waals surface area contributed by atoms with Crippen molar-refractivity contribution in [3.8, 4) is 11.5 Å². The molecule has 1 aromatic carbocycles. The summed E-state index contributed by atoms with van der Waals surface area (Å²) in [7, 11) is 3.38. The van der Waals surface area contributed by atoms with Crippen LogP contribution in [0.3, 0.4) is 0 Å². The highest BCUT2D eigenvalue weighted by molar-refractivity contribution is 5.48. The molecule has 0 amide bonds. The normalized spacial score (nSPS) is 17.0. The first kappa shape index (κ1) is 17.3. The number of aryl methyl sites for hydroxylation is 1. The molecule has 1 aliphatic carbocycles. The first-order valence-corrected chi connectivity index (χ1v) is 9.44. The Morgan fingerprint density at radius 2 is 1.77 bits per heavy atom. The number of aromatic nitrogens is 2. The van der Waals surface area contributed by atoms with E-state index in [4.69, 9.17) is 14.5 Å². The summed E-state index contributed by atoms with van der Waals surface area (Å²) in [6.45, 7) is 4.89. The van der Waals surface area contributed by atoms with Crippen LogP contribution >= 0.6 is 0 Å². The lowest BCUT2D eigenvalue weighted by Crippen LogP contribution is -2.30. The summed E-state index contributed by atoms with van der Waals surface area (Å²) < 4.78 is 10.9. The number of ether oxygens (including phenoxy) is 2. The van der Waals surface area contributed by atoms with E-state index < -0.39 is 0 Å². The van der Waals surface area contributed by atoms with Crippen LogP contribution in [0.2, 0.25) is 0 Å². The lowest BCUT2D eigenvalue weighted by Gasteiger charge is -2.29. The molecule has 5 heteroatoms. The van der Waals surface area contributed by atoms with E-state index in [0.29, 0.717) is 0 Å². The molecular weight excluding hydrogens is 326 g/mol. The van der Waals surface area contributed by atoms with Gasteiger partial charge in [0.2, 0.25) is 0 Å². The Kier molecular flexibility index (Phi) is 4.81. The van der Waals surface area contributed by atoms with Gasteiger partial charge in [0.15, 0.2) is 11.5 Å². The van der Waals surface area contributed by atoms with Crippen LogP contribution in [0.4, 0.5) is 0 Å². The first-order valence-electron chi connectivity index (χ1n) is 9.44. The van der Waals surface area contributed by atoms with E-state index in [1.54, 1.807) is 14.2 Å². The molecule has 1 fully saturated rings. The molecule has 5 nitrogen and oxygen atoms in total. The lowest BCUT2D eigenvalue weighted by atomic mass is 9.98. The van der Waals surface area contributed by atoms with Gasteiger partial charge < -0.3 is 9.47 Å². The average molecular weight is 353 g/mol. The highest BCUT2D eigenvalue weighted by Crippen LogP contribution is 2.34. The molecule has 2 aliphatic rings. The van der Waals surface area contributed by atoms with Crippen molar-refractivity contribution in [3.05, 3.63) is 46.5 Å². The van der Waals surface area contributed by atoms with Gasteiger partial charge in [0, 0.05) is 31.7 Å². The van der Waals surface area contributed by atoms with Gasteiger partial charge in [-0.1, -0.05) is 0 Å². The molecule has 0 N–H and O–H groups in total. The molecule has 0 atom stereocenters. The SMILES string of the molecule is COc1cc2c(cc1OC)CN(Cc1cc(C)nc(CC3CC3)n1)CC2. The predicted molar refractivity (Wildman–Crippen MR) is 101 cm³/mol.